The summed E-state index contributed by atoms with van der Waals surface area (Å²) in [4.78, 5) is 14.4. The summed E-state index contributed by atoms with van der Waals surface area (Å²) < 4.78 is 4.88. The quantitative estimate of drug-likeness (QED) is 0.713. The predicted octanol–water partition coefficient (Wildman–Crippen LogP) is 1.34. The molecule has 1 heterocycles. The lowest BCUT2D eigenvalue weighted by molar-refractivity contribution is 0.424. The molecule has 4 heteroatoms. The molecule has 0 aliphatic heterocycles. The largest absolute Gasteiger partial charge is 0.377 e. The molecular formula is C9H8N2O2. The van der Waals surface area contributed by atoms with Gasteiger partial charge in [-0.2, -0.15) is 10.1 Å². The Balaban J connectivity index is 2.58. The second kappa shape index (κ2) is 2.90. The van der Waals surface area contributed by atoms with Crippen molar-refractivity contribution in [3.8, 4) is 11.5 Å². The zero-order valence-corrected chi connectivity index (χ0v) is 7.07. The number of H-pyrrole nitrogens is 1. The first-order valence-electron chi connectivity index (χ1n) is 3.89. The van der Waals surface area contributed by atoms with Gasteiger partial charge in [0.25, 0.3) is 5.89 Å². The van der Waals surface area contributed by atoms with Crippen LogP contribution in [0, 0.1) is 6.92 Å². The molecule has 0 unspecified atom stereocenters. The zero-order chi connectivity index (χ0) is 9.26. The molecular weight excluding hydrogens is 168 g/mol. The van der Waals surface area contributed by atoms with Gasteiger partial charge in [0.05, 0.1) is 0 Å². The highest BCUT2D eigenvalue weighted by Crippen LogP contribution is 2.18. The Hall–Kier alpha value is -1.84. The third-order valence-corrected chi connectivity index (χ3v) is 1.81. The number of nitrogens with one attached hydrogen (secondary N) is 1. The molecule has 1 N–H and O–H groups in total. The van der Waals surface area contributed by atoms with E-state index in [2.05, 4.69) is 10.1 Å². The van der Waals surface area contributed by atoms with Gasteiger partial charge in [0, 0.05) is 5.56 Å². The van der Waals surface area contributed by atoms with Crippen LogP contribution in [0.5, 0.6) is 0 Å². The Morgan fingerprint density at radius 2 is 2.15 bits per heavy atom. The first kappa shape index (κ1) is 7.79. The molecule has 4 nitrogen and oxygen atoms in total. The molecule has 0 spiro atoms. The van der Waals surface area contributed by atoms with Gasteiger partial charge >= 0.3 is 5.69 Å². The van der Waals surface area contributed by atoms with Crippen molar-refractivity contribution in [2.24, 2.45) is 0 Å². The van der Waals surface area contributed by atoms with Crippen LogP contribution in [0.1, 0.15) is 5.56 Å². The fraction of sp³-hybridized carbons (Fsp3) is 0.111. The second-order valence-corrected chi connectivity index (χ2v) is 2.74. The molecule has 0 fully saturated rings. The van der Waals surface area contributed by atoms with E-state index in [0.717, 1.165) is 11.1 Å². The summed E-state index contributed by atoms with van der Waals surface area (Å²) in [7, 11) is 0. The summed E-state index contributed by atoms with van der Waals surface area (Å²) in [6.45, 7) is 1.93. The van der Waals surface area contributed by atoms with E-state index in [4.69, 9.17) is 4.52 Å². The van der Waals surface area contributed by atoms with Gasteiger partial charge in [-0.25, -0.2) is 4.79 Å². The topological polar surface area (TPSA) is 58.9 Å². The average Bonchev–Trinajstić information content (AvgIpc) is 2.53. The lowest BCUT2D eigenvalue weighted by atomic mass is 10.1. The predicted molar refractivity (Wildman–Crippen MR) is 47.3 cm³/mol. The highest BCUT2D eigenvalue weighted by molar-refractivity contribution is 5.57. The minimum atomic E-state index is -0.460. The fourth-order valence-electron chi connectivity index (χ4n) is 1.16. The number of hydrogen-bond donors (Lipinski definition) is 1. The first-order chi connectivity index (χ1) is 6.27. The molecule has 1 aromatic heterocycles. The van der Waals surface area contributed by atoms with Gasteiger partial charge in [-0.1, -0.05) is 18.2 Å². The Bertz CT molecular complexity index is 470. The number of benzene rings is 1. The number of aryl methyl sites for hydroxylation is 1. The van der Waals surface area contributed by atoms with Crippen molar-refractivity contribution >= 4 is 0 Å². The second-order valence-electron chi connectivity index (χ2n) is 2.74. The zero-order valence-electron chi connectivity index (χ0n) is 7.07. The molecule has 0 saturated carbocycles. The SMILES string of the molecule is Cc1ccccc1-c1nc(=O)[nH]o1. The smallest absolute Gasteiger partial charge is 0.357 e. The Morgan fingerprint density at radius 3 is 2.77 bits per heavy atom. The van der Waals surface area contributed by atoms with E-state index in [1.165, 1.54) is 0 Å². The third-order valence-electron chi connectivity index (χ3n) is 1.81. The van der Waals surface area contributed by atoms with Crippen LogP contribution in [0.25, 0.3) is 11.5 Å². The van der Waals surface area contributed by atoms with E-state index in [0.29, 0.717) is 5.89 Å². The standard InChI is InChI=1S/C9H8N2O2/c1-6-4-2-3-5-7(6)8-10-9(12)11-13-8/h2-5H,1H3,(H,11,12). The van der Waals surface area contributed by atoms with Crippen LogP contribution in [-0.2, 0) is 0 Å². The summed E-state index contributed by atoms with van der Waals surface area (Å²) in [5.74, 6) is 0.336. The van der Waals surface area contributed by atoms with Gasteiger partial charge in [-0.05, 0) is 18.6 Å². The molecule has 0 atom stereocenters. The minimum Gasteiger partial charge on any atom is -0.357 e. The molecule has 1 aromatic carbocycles. The van der Waals surface area contributed by atoms with E-state index in [9.17, 15) is 4.79 Å². The van der Waals surface area contributed by atoms with Crippen LogP contribution in [0.3, 0.4) is 0 Å². The summed E-state index contributed by atoms with van der Waals surface area (Å²) >= 11 is 0. The maximum atomic E-state index is 10.7. The monoisotopic (exact) mass is 176 g/mol. The summed E-state index contributed by atoms with van der Waals surface area (Å²) in [6.07, 6.45) is 0. The fourth-order valence-corrected chi connectivity index (χ4v) is 1.16. The van der Waals surface area contributed by atoms with Crippen molar-refractivity contribution in [1.82, 2.24) is 10.1 Å². The third kappa shape index (κ3) is 1.38. The van der Waals surface area contributed by atoms with Gasteiger partial charge in [-0.15, -0.1) is 0 Å². The molecule has 0 amide bonds. The number of nitrogens with zero attached hydrogens (tertiary/aromatic N) is 1. The number of aromatic amines is 1. The lowest BCUT2D eigenvalue weighted by Gasteiger charge is -1.97. The molecule has 0 aliphatic carbocycles. The molecule has 2 rings (SSSR count). The van der Waals surface area contributed by atoms with Crippen LogP contribution in [0.2, 0.25) is 0 Å². The van der Waals surface area contributed by atoms with Crippen LogP contribution in [-0.4, -0.2) is 10.1 Å². The molecule has 0 radical (unpaired) electrons. The highest BCUT2D eigenvalue weighted by Gasteiger charge is 2.06. The summed E-state index contributed by atoms with van der Waals surface area (Å²) in [5.41, 5.74) is 1.40. The molecule has 13 heavy (non-hydrogen) atoms. The van der Waals surface area contributed by atoms with Gasteiger partial charge in [0.1, 0.15) is 0 Å². The molecule has 0 saturated heterocycles. The normalized spacial score (nSPS) is 10.2. The van der Waals surface area contributed by atoms with Crippen molar-refractivity contribution in [1.29, 1.82) is 0 Å². The van der Waals surface area contributed by atoms with Crippen LogP contribution < -0.4 is 5.69 Å². The van der Waals surface area contributed by atoms with Crippen molar-refractivity contribution in [2.75, 3.05) is 0 Å². The molecule has 66 valence electrons. The highest BCUT2D eigenvalue weighted by atomic mass is 16.5. The van der Waals surface area contributed by atoms with Crippen molar-refractivity contribution in [3.63, 3.8) is 0 Å². The van der Waals surface area contributed by atoms with E-state index in [-0.39, 0.29) is 0 Å². The summed E-state index contributed by atoms with van der Waals surface area (Å²) in [6, 6.07) is 7.58. The molecule has 0 aliphatic rings. The van der Waals surface area contributed by atoms with Crippen molar-refractivity contribution in [3.05, 3.63) is 40.3 Å². The maximum Gasteiger partial charge on any atom is 0.377 e. The van der Waals surface area contributed by atoms with E-state index in [1.54, 1.807) is 0 Å². The van der Waals surface area contributed by atoms with E-state index < -0.39 is 5.69 Å². The Labute approximate surface area is 74.2 Å². The van der Waals surface area contributed by atoms with Crippen LogP contribution in [0.15, 0.2) is 33.6 Å². The van der Waals surface area contributed by atoms with Gasteiger partial charge in [0.2, 0.25) is 0 Å². The molecule has 2 aromatic rings. The van der Waals surface area contributed by atoms with Crippen LogP contribution in [0.4, 0.5) is 0 Å². The number of rotatable bonds is 1. The van der Waals surface area contributed by atoms with Gasteiger partial charge in [0.15, 0.2) is 0 Å². The average molecular weight is 176 g/mol. The van der Waals surface area contributed by atoms with E-state index >= 15 is 0 Å². The Kier molecular flexibility index (Phi) is 1.73. The maximum absolute atomic E-state index is 10.7. The minimum absolute atomic E-state index is 0.336. The number of aromatic nitrogens is 2. The first-order valence-corrected chi connectivity index (χ1v) is 3.89. The van der Waals surface area contributed by atoms with Crippen molar-refractivity contribution < 1.29 is 4.52 Å². The molecule has 0 bridgehead atoms. The number of hydrogen-bond acceptors (Lipinski definition) is 3. The van der Waals surface area contributed by atoms with Crippen molar-refractivity contribution in [2.45, 2.75) is 6.92 Å². The lowest BCUT2D eigenvalue weighted by Crippen LogP contribution is -2.00. The Morgan fingerprint density at radius 1 is 1.38 bits per heavy atom. The van der Waals surface area contributed by atoms with Gasteiger partial charge in [-0.3, -0.25) is 0 Å². The van der Waals surface area contributed by atoms with Gasteiger partial charge < -0.3 is 4.52 Å². The summed E-state index contributed by atoms with van der Waals surface area (Å²) in [5, 5.41) is 2.15. The van der Waals surface area contributed by atoms with E-state index in [1.807, 2.05) is 31.2 Å². The van der Waals surface area contributed by atoms with Crippen LogP contribution >= 0.6 is 0 Å².